The second-order valence-electron chi connectivity index (χ2n) is 1.84. The van der Waals surface area contributed by atoms with Crippen LogP contribution in [0.15, 0.2) is 23.0 Å². The molecule has 0 saturated carbocycles. The summed E-state index contributed by atoms with van der Waals surface area (Å²) < 4.78 is 4.84. The molecule has 0 unspecified atom stereocenters. The predicted molar refractivity (Wildman–Crippen MR) is 34.6 cm³/mol. The highest BCUT2D eigenvalue weighted by molar-refractivity contribution is 5.05. The Morgan fingerprint density at radius 3 is 3.11 bits per heavy atom. The lowest BCUT2D eigenvalue weighted by atomic mass is 10.2. The zero-order chi connectivity index (χ0) is 6.53. The molecule has 1 rings (SSSR count). The average Bonchev–Trinajstić information content (AvgIpc) is 2.34. The first-order chi connectivity index (χ1) is 4.43. The van der Waals surface area contributed by atoms with Crippen molar-refractivity contribution in [2.75, 3.05) is 6.54 Å². The van der Waals surface area contributed by atoms with E-state index in [-0.39, 0.29) is 0 Å². The molecule has 0 atom stereocenters. The maximum atomic E-state index is 5.06. The highest BCUT2D eigenvalue weighted by atomic mass is 16.3. The second kappa shape index (κ2) is 3.27. The van der Waals surface area contributed by atoms with E-state index in [4.69, 9.17) is 10.3 Å². The van der Waals surface area contributed by atoms with E-state index in [2.05, 4.69) is 5.43 Å². The summed E-state index contributed by atoms with van der Waals surface area (Å²) in [5, 5.41) is 0. The number of hydrogen-bond acceptors (Lipinski definition) is 3. The van der Waals surface area contributed by atoms with Crippen molar-refractivity contribution in [1.82, 2.24) is 5.43 Å². The molecule has 1 heterocycles. The van der Waals surface area contributed by atoms with Crippen LogP contribution in [0.2, 0.25) is 0 Å². The zero-order valence-electron chi connectivity index (χ0n) is 5.13. The first-order valence-corrected chi connectivity index (χ1v) is 2.88. The van der Waals surface area contributed by atoms with Gasteiger partial charge in [-0.15, -0.1) is 0 Å². The maximum Gasteiger partial charge on any atom is 0.0934 e. The largest absolute Gasteiger partial charge is 0.472 e. The van der Waals surface area contributed by atoms with Crippen LogP contribution in [0.3, 0.4) is 0 Å². The van der Waals surface area contributed by atoms with Gasteiger partial charge in [0.25, 0.3) is 0 Å². The topological polar surface area (TPSA) is 51.2 Å². The molecule has 3 N–H and O–H groups in total. The second-order valence-corrected chi connectivity index (χ2v) is 1.84. The van der Waals surface area contributed by atoms with E-state index in [1.165, 1.54) is 5.56 Å². The summed E-state index contributed by atoms with van der Waals surface area (Å²) in [4.78, 5) is 0. The molecule has 0 saturated heterocycles. The maximum absolute atomic E-state index is 5.06. The van der Waals surface area contributed by atoms with E-state index in [1.807, 2.05) is 6.07 Å². The van der Waals surface area contributed by atoms with Crippen molar-refractivity contribution in [2.45, 2.75) is 6.42 Å². The number of rotatable bonds is 3. The van der Waals surface area contributed by atoms with E-state index < -0.39 is 0 Å². The summed E-state index contributed by atoms with van der Waals surface area (Å²) in [5.41, 5.74) is 3.74. The molecule has 3 nitrogen and oxygen atoms in total. The molecule has 1 aromatic heterocycles. The van der Waals surface area contributed by atoms with Gasteiger partial charge >= 0.3 is 0 Å². The van der Waals surface area contributed by atoms with Gasteiger partial charge in [-0.05, 0) is 18.1 Å². The van der Waals surface area contributed by atoms with Crippen molar-refractivity contribution in [3.8, 4) is 0 Å². The van der Waals surface area contributed by atoms with Crippen LogP contribution in [0.25, 0.3) is 0 Å². The fourth-order valence-electron chi connectivity index (χ4n) is 0.651. The zero-order valence-corrected chi connectivity index (χ0v) is 5.13. The van der Waals surface area contributed by atoms with Gasteiger partial charge in [0.2, 0.25) is 0 Å². The lowest BCUT2D eigenvalue weighted by Crippen LogP contribution is -2.24. The van der Waals surface area contributed by atoms with E-state index in [9.17, 15) is 0 Å². The van der Waals surface area contributed by atoms with E-state index in [1.54, 1.807) is 12.5 Å². The number of hydrazine groups is 1. The van der Waals surface area contributed by atoms with Crippen LogP contribution < -0.4 is 11.3 Å². The number of nitrogens with one attached hydrogen (secondary N) is 1. The van der Waals surface area contributed by atoms with Gasteiger partial charge in [-0.1, -0.05) is 0 Å². The minimum Gasteiger partial charge on any atom is -0.472 e. The number of hydrogen-bond donors (Lipinski definition) is 2. The van der Waals surface area contributed by atoms with Gasteiger partial charge in [0.05, 0.1) is 12.5 Å². The summed E-state index contributed by atoms with van der Waals surface area (Å²) in [6.45, 7) is 0.791. The predicted octanol–water partition coefficient (Wildman–Crippen LogP) is 0.285. The third kappa shape index (κ3) is 1.87. The molecule has 1 aromatic rings. The molecule has 9 heavy (non-hydrogen) atoms. The van der Waals surface area contributed by atoms with Gasteiger partial charge in [-0.2, -0.15) is 0 Å². The summed E-state index contributed by atoms with van der Waals surface area (Å²) >= 11 is 0. The van der Waals surface area contributed by atoms with Gasteiger partial charge in [-0.25, -0.2) is 0 Å². The Balaban J connectivity index is 2.30. The average molecular weight is 126 g/mol. The fraction of sp³-hybridized carbons (Fsp3) is 0.333. The molecule has 0 aliphatic rings. The smallest absolute Gasteiger partial charge is 0.0934 e. The van der Waals surface area contributed by atoms with Crippen molar-refractivity contribution in [3.63, 3.8) is 0 Å². The Hall–Kier alpha value is -0.800. The minimum atomic E-state index is 0.791. The van der Waals surface area contributed by atoms with Crippen LogP contribution in [-0.4, -0.2) is 6.54 Å². The van der Waals surface area contributed by atoms with Gasteiger partial charge in [0, 0.05) is 6.54 Å². The Kier molecular flexibility index (Phi) is 2.30. The fourth-order valence-corrected chi connectivity index (χ4v) is 0.651. The SMILES string of the molecule is NNCCc1ccoc1. The first-order valence-electron chi connectivity index (χ1n) is 2.88. The molecule has 0 aromatic carbocycles. The van der Waals surface area contributed by atoms with Gasteiger partial charge < -0.3 is 4.42 Å². The Morgan fingerprint density at radius 2 is 2.56 bits per heavy atom. The van der Waals surface area contributed by atoms with E-state index >= 15 is 0 Å². The highest BCUT2D eigenvalue weighted by Crippen LogP contribution is 1.98. The third-order valence-corrected chi connectivity index (χ3v) is 1.14. The minimum absolute atomic E-state index is 0.791. The number of furan rings is 1. The molecule has 0 amide bonds. The Bertz CT molecular complexity index is 148. The molecule has 0 aliphatic heterocycles. The van der Waals surface area contributed by atoms with Crippen LogP contribution in [0.5, 0.6) is 0 Å². The number of nitrogens with two attached hydrogens (primary N) is 1. The van der Waals surface area contributed by atoms with Crippen molar-refractivity contribution in [1.29, 1.82) is 0 Å². The molecule has 0 bridgehead atoms. The molecular formula is C6H10N2O. The Labute approximate surface area is 53.8 Å². The van der Waals surface area contributed by atoms with Gasteiger partial charge in [0.15, 0.2) is 0 Å². The molecule has 0 fully saturated rings. The molecule has 3 heteroatoms. The van der Waals surface area contributed by atoms with Crippen LogP contribution in [0, 0.1) is 0 Å². The lowest BCUT2D eigenvalue weighted by Gasteiger charge is -1.92. The summed E-state index contributed by atoms with van der Waals surface area (Å²) in [7, 11) is 0. The Morgan fingerprint density at radius 1 is 1.67 bits per heavy atom. The van der Waals surface area contributed by atoms with Crippen molar-refractivity contribution in [3.05, 3.63) is 24.2 Å². The van der Waals surface area contributed by atoms with Crippen molar-refractivity contribution in [2.24, 2.45) is 5.84 Å². The third-order valence-electron chi connectivity index (χ3n) is 1.14. The van der Waals surface area contributed by atoms with Gasteiger partial charge in [-0.3, -0.25) is 11.3 Å². The van der Waals surface area contributed by atoms with E-state index in [0.29, 0.717) is 0 Å². The van der Waals surface area contributed by atoms with Crippen molar-refractivity contribution >= 4 is 0 Å². The van der Waals surface area contributed by atoms with Gasteiger partial charge in [0.1, 0.15) is 0 Å². The molecule has 50 valence electrons. The monoisotopic (exact) mass is 126 g/mol. The first kappa shape index (κ1) is 6.32. The van der Waals surface area contributed by atoms with Crippen LogP contribution in [-0.2, 0) is 6.42 Å². The standard InChI is InChI=1S/C6H10N2O/c7-8-3-1-6-2-4-9-5-6/h2,4-5,8H,1,3,7H2. The van der Waals surface area contributed by atoms with Crippen LogP contribution >= 0.6 is 0 Å². The molecule has 0 spiro atoms. The van der Waals surface area contributed by atoms with E-state index in [0.717, 1.165) is 13.0 Å². The quantitative estimate of drug-likeness (QED) is 0.452. The van der Waals surface area contributed by atoms with Crippen molar-refractivity contribution < 1.29 is 4.42 Å². The summed E-state index contributed by atoms with van der Waals surface area (Å²) in [6.07, 6.45) is 4.30. The summed E-state index contributed by atoms with van der Waals surface area (Å²) in [5.74, 6) is 5.06. The van der Waals surface area contributed by atoms with Crippen LogP contribution in [0.1, 0.15) is 5.56 Å². The summed E-state index contributed by atoms with van der Waals surface area (Å²) in [6, 6.07) is 1.93. The molecular weight excluding hydrogens is 116 g/mol. The highest BCUT2D eigenvalue weighted by Gasteiger charge is 1.90. The van der Waals surface area contributed by atoms with Crippen LogP contribution in [0.4, 0.5) is 0 Å². The molecule has 0 radical (unpaired) electrons. The lowest BCUT2D eigenvalue weighted by molar-refractivity contribution is 0.562. The normalized spacial score (nSPS) is 9.89. The molecule has 0 aliphatic carbocycles.